The Balaban J connectivity index is 0.000000317. The number of benzene rings is 2. The van der Waals surface area contributed by atoms with Gasteiger partial charge in [-0.05, 0) is 37.1 Å². The number of nitro groups is 2. The third-order valence-corrected chi connectivity index (χ3v) is 6.00. The van der Waals surface area contributed by atoms with Crippen molar-refractivity contribution in [1.82, 2.24) is 25.3 Å². The topological polar surface area (TPSA) is 210 Å². The number of hydrogen-bond donors (Lipinski definition) is 2. The first kappa shape index (κ1) is 39.9. The summed E-state index contributed by atoms with van der Waals surface area (Å²) in [6.07, 6.45) is -7.02. The summed E-state index contributed by atoms with van der Waals surface area (Å²) in [6.45, 7) is 3.61. The van der Waals surface area contributed by atoms with E-state index in [1.165, 1.54) is 32.3 Å². The van der Waals surface area contributed by atoms with Crippen LogP contribution in [0.1, 0.15) is 36.4 Å². The van der Waals surface area contributed by atoms with E-state index in [1.807, 2.05) is 6.92 Å². The van der Waals surface area contributed by atoms with E-state index in [0.717, 1.165) is 28.6 Å². The molecule has 0 saturated carbocycles. The van der Waals surface area contributed by atoms with E-state index in [4.69, 9.17) is 14.3 Å². The zero-order chi connectivity index (χ0) is 37.8. The number of nitro benzene ring substituents is 2. The van der Waals surface area contributed by atoms with Crippen LogP contribution in [-0.2, 0) is 30.0 Å². The van der Waals surface area contributed by atoms with Gasteiger partial charge in [0.2, 0.25) is 29.3 Å². The van der Waals surface area contributed by atoms with Crippen molar-refractivity contribution >= 4 is 23.5 Å². The smallest absolute Gasteiger partial charge is 0.416 e. The monoisotopic (exact) mass is 716 g/mol. The fourth-order valence-electron chi connectivity index (χ4n) is 3.62. The number of nitrogens with one attached hydrogen (secondary N) is 2. The van der Waals surface area contributed by atoms with Gasteiger partial charge in [-0.2, -0.15) is 31.0 Å². The first-order valence-electron chi connectivity index (χ1n) is 13.8. The molecule has 0 aliphatic rings. The maximum Gasteiger partial charge on any atom is 0.416 e. The number of aromatic nitrogens is 4. The molecule has 22 heteroatoms. The van der Waals surface area contributed by atoms with Crippen molar-refractivity contribution in [3.8, 4) is 23.3 Å². The average molecular weight is 717 g/mol. The van der Waals surface area contributed by atoms with Crippen LogP contribution >= 0.6 is 0 Å². The van der Waals surface area contributed by atoms with Crippen LogP contribution in [0.25, 0.3) is 0 Å². The van der Waals surface area contributed by atoms with E-state index in [1.54, 1.807) is 6.92 Å². The van der Waals surface area contributed by atoms with Crippen molar-refractivity contribution in [2.75, 3.05) is 14.1 Å². The van der Waals surface area contributed by atoms with Gasteiger partial charge in [0.1, 0.15) is 0 Å². The predicted molar refractivity (Wildman–Crippen MR) is 160 cm³/mol. The Hall–Kier alpha value is -6.31. The molecule has 2 aromatic heterocycles. The van der Waals surface area contributed by atoms with E-state index < -0.39 is 56.5 Å². The molecule has 268 valence electrons. The maximum atomic E-state index is 12.7. The highest BCUT2D eigenvalue weighted by atomic mass is 19.4. The second kappa shape index (κ2) is 17.2. The number of aliphatic imine (C=N–C) groups is 1. The van der Waals surface area contributed by atoms with Gasteiger partial charge in [0, 0.05) is 44.1 Å². The van der Waals surface area contributed by atoms with Crippen molar-refractivity contribution in [3.05, 3.63) is 91.3 Å². The Morgan fingerprint density at radius 2 is 1.38 bits per heavy atom. The summed E-state index contributed by atoms with van der Waals surface area (Å²) in [5.41, 5.74) is -2.72. The lowest BCUT2D eigenvalue weighted by Gasteiger charge is -2.08. The first-order valence-corrected chi connectivity index (χ1v) is 13.8. The lowest BCUT2D eigenvalue weighted by Crippen LogP contribution is -2.26. The van der Waals surface area contributed by atoms with Crippen LogP contribution in [0.5, 0.6) is 23.3 Å². The fourth-order valence-corrected chi connectivity index (χ4v) is 3.62. The van der Waals surface area contributed by atoms with Crippen LogP contribution in [0.15, 0.2) is 53.5 Å². The van der Waals surface area contributed by atoms with Gasteiger partial charge in [0.15, 0.2) is 0 Å². The minimum atomic E-state index is -4.72. The number of nitrogens with zero attached hydrogens (tertiary/aromatic N) is 6. The maximum absolute atomic E-state index is 12.7. The Bertz CT molecular complexity index is 1870. The Labute approximate surface area is 277 Å². The molecule has 0 saturated heterocycles. The van der Waals surface area contributed by atoms with Crippen LogP contribution in [0.4, 0.5) is 42.5 Å². The summed E-state index contributed by atoms with van der Waals surface area (Å²) in [5, 5.41) is 34.5. The van der Waals surface area contributed by atoms with E-state index in [-0.39, 0.29) is 17.5 Å². The van der Waals surface area contributed by atoms with Gasteiger partial charge < -0.3 is 14.8 Å². The lowest BCUT2D eigenvalue weighted by atomic mass is 10.2. The molecular weight excluding hydrogens is 690 g/mol. The van der Waals surface area contributed by atoms with Gasteiger partial charge in [-0.1, -0.05) is 13.8 Å². The van der Waals surface area contributed by atoms with Gasteiger partial charge >= 0.3 is 29.8 Å². The average Bonchev–Trinajstić information content (AvgIpc) is 3.70. The van der Waals surface area contributed by atoms with Crippen LogP contribution in [-0.4, -0.2) is 56.0 Å². The molecule has 0 aliphatic heterocycles. The molecule has 2 N–H and O–H groups in total. The van der Waals surface area contributed by atoms with Crippen LogP contribution in [0.2, 0.25) is 0 Å². The summed E-state index contributed by atoms with van der Waals surface area (Å²) in [7, 11) is 2.78. The molecule has 0 bridgehead atoms. The molecular formula is C28H26F6N8O8. The summed E-state index contributed by atoms with van der Waals surface area (Å²) < 4.78 is 87.2. The molecule has 0 atom stereocenters. The zero-order valence-electron chi connectivity index (χ0n) is 26.3. The highest BCUT2D eigenvalue weighted by molar-refractivity contribution is 5.76. The SMILES string of the molecule is CCc1cc(Oc2ccc(C(F)(F)F)cc2[N+](=O)[O-])n[nH]1.CCc1cc(Oc2ccc(C(F)(F)F)cc2[N+](=O)[O-])nn1C(=O)NC.CN=C=O. The zero-order valence-corrected chi connectivity index (χ0v) is 26.3. The Morgan fingerprint density at radius 1 is 0.900 bits per heavy atom. The number of ether oxygens (including phenoxy) is 2. The largest absolute Gasteiger partial charge is 0.430 e. The van der Waals surface area contributed by atoms with Crippen molar-refractivity contribution in [3.63, 3.8) is 0 Å². The summed E-state index contributed by atoms with van der Waals surface area (Å²) in [5.74, 6) is -0.817. The summed E-state index contributed by atoms with van der Waals surface area (Å²) in [6, 6.07) is 6.28. The van der Waals surface area contributed by atoms with Crippen LogP contribution in [0.3, 0.4) is 0 Å². The van der Waals surface area contributed by atoms with E-state index in [9.17, 15) is 51.4 Å². The summed E-state index contributed by atoms with van der Waals surface area (Å²) >= 11 is 0. The third-order valence-electron chi connectivity index (χ3n) is 6.00. The molecule has 2 heterocycles. The number of alkyl halides is 6. The number of hydrogen-bond acceptors (Lipinski definition) is 11. The number of isocyanates is 1. The standard InChI is InChI=1S/C14H13F3N4O4.C12H10F3N3O3.C2H3NO/c1-3-9-7-12(19-20(9)13(22)18-2)25-11-5-4-8(14(15,16)17)6-10(11)21(23)24;1-2-8-6-11(17-16-8)21-10-4-3-7(12(13,14)15)5-9(10)18(19)20;1-3-2-4/h4-7H,3H2,1-2H3,(H,18,22);3-6H,2H2,1H3,(H,16,17);1H3. The molecule has 50 heavy (non-hydrogen) atoms. The number of aryl methyl sites for hydroxylation is 2. The van der Waals surface area contributed by atoms with Crippen molar-refractivity contribution < 1.29 is 55.3 Å². The molecule has 4 aromatic rings. The number of amides is 1. The first-order chi connectivity index (χ1) is 23.4. The van der Waals surface area contributed by atoms with Gasteiger partial charge in [0.05, 0.1) is 26.7 Å². The van der Waals surface area contributed by atoms with E-state index in [0.29, 0.717) is 36.7 Å². The molecule has 0 unspecified atom stereocenters. The highest BCUT2D eigenvalue weighted by Crippen LogP contribution is 2.39. The number of carbonyl (C=O) groups is 1. The van der Waals surface area contributed by atoms with Crippen molar-refractivity contribution in [2.45, 2.75) is 39.0 Å². The quantitative estimate of drug-likeness (QED) is 0.0627. The second-order valence-electron chi connectivity index (χ2n) is 9.27. The number of halogens is 6. The van der Waals surface area contributed by atoms with Crippen LogP contribution in [0, 0.1) is 20.2 Å². The number of aromatic amines is 1. The van der Waals surface area contributed by atoms with Crippen LogP contribution < -0.4 is 14.8 Å². The van der Waals surface area contributed by atoms with Gasteiger partial charge in [0.25, 0.3) is 0 Å². The minimum Gasteiger partial charge on any atom is -0.430 e. The molecule has 1 amide bonds. The molecule has 2 aromatic carbocycles. The van der Waals surface area contributed by atoms with Gasteiger partial charge in [-0.25, -0.2) is 14.6 Å². The van der Waals surface area contributed by atoms with Crippen molar-refractivity contribution in [2.24, 2.45) is 4.99 Å². The number of carbonyl (C=O) groups excluding carboxylic acids is 2. The molecule has 4 rings (SSSR count). The van der Waals surface area contributed by atoms with Gasteiger partial charge in [-0.15, -0.1) is 10.2 Å². The second-order valence-corrected chi connectivity index (χ2v) is 9.27. The molecule has 0 spiro atoms. The van der Waals surface area contributed by atoms with E-state index in [2.05, 4.69) is 25.6 Å². The minimum absolute atomic E-state index is 0.0507. The highest BCUT2D eigenvalue weighted by Gasteiger charge is 2.34. The lowest BCUT2D eigenvalue weighted by molar-refractivity contribution is -0.386. The van der Waals surface area contributed by atoms with Crippen molar-refractivity contribution in [1.29, 1.82) is 0 Å². The third kappa shape index (κ3) is 10.9. The molecule has 0 fully saturated rings. The Morgan fingerprint density at radius 3 is 1.74 bits per heavy atom. The van der Waals surface area contributed by atoms with Gasteiger partial charge in [-0.3, -0.25) is 25.3 Å². The number of rotatable bonds is 8. The number of H-pyrrole nitrogens is 1. The molecule has 16 nitrogen and oxygen atoms in total. The van der Waals surface area contributed by atoms with E-state index >= 15 is 0 Å². The fraction of sp³-hybridized carbons (Fsp3) is 0.286. The normalized spacial score (nSPS) is 10.8. The molecule has 0 aliphatic carbocycles. The predicted octanol–water partition coefficient (Wildman–Crippen LogP) is 7.00. The Kier molecular flexibility index (Phi) is 13.7. The molecule has 0 radical (unpaired) electrons. The summed E-state index contributed by atoms with van der Waals surface area (Å²) in [4.78, 5) is 43.5.